The van der Waals surface area contributed by atoms with Crippen LogP contribution in [0.1, 0.15) is 51.9 Å². The molecule has 0 bridgehead atoms. The lowest BCUT2D eigenvalue weighted by atomic mass is 9.94. The minimum absolute atomic E-state index is 0.175. The number of hydrogen-bond acceptors (Lipinski definition) is 2. The Hall–Kier alpha value is 0.880. The zero-order chi connectivity index (χ0) is 11.6. The third-order valence-corrected chi connectivity index (χ3v) is 5.32. The molecule has 1 unspecified atom stereocenters. The fraction of sp³-hybridized carbons (Fsp3) is 1.00. The highest BCUT2D eigenvalue weighted by Gasteiger charge is 2.52. The molecule has 0 radical (unpaired) electrons. The van der Waals surface area contributed by atoms with Crippen LogP contribution < -0.4 is 0 Å². The molecule has 0 amide bonds. The van der Waals surface area contributed by atoms with Crippen molar-refractivity contribution in [2.24, 2.45) is 0 Å². The van der Waals surface area contributed by atoms with Gasteiger partial charge in [-0.15, -0.1) is 0 Å². The summed E-state index contributed by atoms with van der Waals surface area (Å²) in [5.41, 5.74) is -0.175. The quantitative estimate of drug-likeness (QED) is 0.700. The smallest absolute Gasteiger partial charge is 0.169 e. The van der Waals surface area contributed by atoms with E-state index in [2.05, 4.69) is 38.8 Å². The molecule has 1 spiro atoms. The van der Waals surface area contributed by atoms with Crippen LogP contribution >= 0.6 is 31.9 Å². The third kappa shape index (κ3) is 2.50. The second-order valence-corrected chi connectivity index (χ2v) is 8.04. The first kappa shape index (κ1) is 13.3. The Morgan fingerprint density at radius 2 is 1.88 bits per heavy atom. The third-order valence-electron chi connectivity index (χ3n) is 3.66. The van der Waals surface area contributed by atoms with E-state index >= 15 is 0 Å². The van der Waals surface area contributed by atoms with E-state index in [-0.39, 0.29) is 15.1 Å². The molecule has 0 N–H and O–H groups in total. The molecule has 4 heteroatoms. The van der Waals surface area contributed by atoms with Gasteiger partial charge < -0.3 is 9.47 Å². The van der Waals surface area contributed by atoms with Crippen molar-refractivity contribution >= 4 is 31.9 Å². The van der Waals surface area contributed by atoms with Crippen LogP contribution in [0.5, 0.6) is 0 Å². The number of alkyl halides is 2. The van der Waals surface area contributed by atoms with Crippen molar-refractivity contribution in [3.05, 3.63) is 0 Å². The zero-order valence-corrected chi connectivity index (χ0v) is 13.0. The second-order valence-electron chi connectivity index (χ2n) is 4.98. The van der Waals surface area contributed by atoms with Crippen LogP contribution in [-0.2, 0) is 9.47 Å². The maximum Gasteiger partial charge on any atom is 0.169 e. The van der Waals surface area contributed by atoms with E-state index in [0.29, 0.717) is 6.61 Å². The first-order valence-electron chi connectivity index (χ1n) is 6.25. The van der Waals surface area contributed by atoms with Gasteiger partial charge in [-0.25, -0.2) is 0 Å². The molecule has 2 aliphatic rings. The molecule has 1 saturated heterocycles. The lowest BCUT2D eigenvalue weighted by Crippen LogP contribution is -2.42. The fourth-order valence-corrected chi connectivity index (χ4v) is 3.69. The van der Waals surface area contributed by atoms with E-state index < -0.39 is 0 Å². The maximum atomic E-state index is 6.36. The van der Waals surface area contributed by atoms with Gasteiger partial charge in [0, 0.05) is 12.8 Å². The molecule has 1 aliphatic heterocycles. The first-order chi connectivity index (χ1) is 7.63. The molecular weight excluding hydrogens is 336 g/mol. The number of hydrogen-bond donors (Lipinski definition) is 0. The Morgan fingerprint density at radius 1 is 1.19 bits per heavy atom. The summed E-state index contributed by atoms with van der Waals surface area (Å²) < 4.78 is 12.6. The van der Waals surface area contributed by atoms with Crippen molar-refractivity contribution in [1.29, 1.82) is 0 Å². The largest absolute Gasteiger partial charge is 0.347 e. The lowest BCUT2D eigenvalue weighted by Gasteiger charge is -2.36. The van der Waals surface area contributed by atoms with Gasteiger partial charge in [0.05, 0.1) is 6.61 Å². The highest BCUT2D eigenvalue weighted by molar-refractivity contribution is 9.24. The van der Waals surface area contributed by atoms with Crippen molar-refractivity contribution in [2.75, 3.05) is 6.61 Å². The minimum atomic E-state index is -0.271. The van der Waals surface area contributed by atoms with Gasteiger partial charge in [-0.1, -0.05) is 51.6 Å². The predicted molar refractivity (Wildman–Crippen MR) is 72.1 cm³/mol. The Bertz CT molecular complexity index is 239. The van der Waals surface area contributed by atoms with Crippen LogP contribution in [0.25, 0.3) is 0 Å². The van der Waals surface area contributed by atoms with Gasteiger partial charge in [-0.2, -0.15) is 0 Å². The van der Waals surface area contributed by atoms with Gasteiger partial charge in [-0.05, 0) is 19.3 Å². The lowest BCUT2D eigenvalue weighted by molar-refractivity contribution is -0.202. The van der Waals surface area contributed by atoms with Gasteiger partial charge in [0.1, 0.15) is 9.34 Å². The molecule has 2 rings (SSSR count). The monoisotopic (exact) mass is 354 g/mol. The number of rotatable bonds is 3. The molecule has 1 saturated carbocycles. The van der Waals surface area contributed by atoms with Crippen molar-refractivity contribution in [3.63, 3.8) is 0 Å². The molecule has 94 valence electrons. The van der Waals surface area contributed by atoms with Crippen LogP contribution in [0.3, 0.4) is 0 Å². The van der Waals surface area contributed by atoms with E-state index in [4.69, 9.17) is 9.47 Å². The van der Waals surface area contributed by atoms with E-state index in [1.165, 1.54) is 19.3 Å². The Kier molecular flexibility index (Phi) is 4.37. The Labute approximate surface area is 115 Å². The molecule has 2 fully saturated rings. The standard InChI is InChI=1S/C12H20Br2O2/c1-2-6-11(10(13)14)9-15-12(16-11)7-4-3-5-8-12/h10H,2-9H2,1H3. The minimum Gasteiger partial charge on any atom is -0.347 e. The average molecular weight is 356 g/mol. The summed E-state index contributed by atoms with van der Waals surface area (Å²) in [7, 11) is 0. The van der Waals surface area contributed by atoms with Gasteiger partial charge in [0.15, 0.2) is 5.79 Å². The summed E-state index contributed by atoms with van der Waals surface area (Å²) in [6.45, 7) is 2.90. The van der Waals surface area contributed by atoms with Gasteiger partial charge >= 0.3 is 0 Å². The highest BCUT2D eigenvalue weighted by Crippen LogP contribution is 2.47. The van der Waals surface area contributed by atoms with Crippen LogP contribution in [0, 0.1) is 0 Å². The van der Waals surface area contributed by atoms with Crippen LogP contribution in [-0.4, -0.2) is 21.7 Å². The highest BCUT2D eigenvalue weighted by atomic mass is 79.9. The van der Waals surface area contributed by atoms with Crippen molar-refractivity contribution in [3.8, 4) is 0 Å². The zero-order valence-electron chi connectivity index (χ0n) is 9.81. The number of halogens is 2. The molecule has 1 heterocycles. The predicted octanol–water partition coefficient (Wildman–Crippen LogP) is 4.35. The second kappa shape index (κ2) is 5.25. The number of ether oxygens (including phenoxy) is 2. The van der Waals surface area contributed by atoms with Crippen molar-refractivity contribution in [2.45, 2.75) is 67.0 Å². The molecule has 0 aromatic rings. The molecular formula is C12H20Br2O2. The van der Waals surface area contributed by atoms with Crippen molar-refractivity contribution < 1.29 is 9.47 Å². The molecule has 0 aromatic carbocycles. The SMILES string of the molecule is CCCC1(C(Br)Br)COC2(CCCCC2)O1. The van der Waals surface area contributed by atoms with Crippen LogP contribution in [0.4, 0.5) is 0 Å². The summed E-state index contributed by atoms with van der Waals surface area (Å²) >= 11 is 7.24. The Morgan fingerprint density at radius 3 is 2.44 bits per heavy atom. The molecule has 2 nitrogen and oxygen atoms in total. The molecule has 16 heavy (non-hydrogen) atoms. The summed E-state index contributed by atoms with van der Waals surface area (Å²) in [6, 6.07) is 0. The van der Waals surface area contributed by atoms with Crippen LogP contribution in [0.2, 0.25) is 0 Å². The van der Waals surface area contributed by atoms with Gasteiger partial charge in [-0.3, -0.25) is 0 Å². The molecule has 1 aliphatic carbocycles. The summed E-state index contributed by atoms with van der Waals surface area (Å²) in [6.07, 6.45) is 8.07. The fourth-order valence-electron chi connectivity index (χ4n) is 2.78. The van der Waals surface area contributed by atoms with E-state index in [9.17, 15) is 0 Å². The topological polar surface area (TPSA) is 18.5 Å². The van der Waals surface area contributed by atoms with Crippen LogP contribution in [0.15, 0.2) is 0 Å². The first-order valence-corrected chi connectivity index (χ1v) is 8.08. The van der Waals surface area contributed by atoms with E-state index in [1.807, 2.05) is 0 Å². The molecule has 1 atom stereocenters. The van der Waals surface area contributed by atoms with Crippen molar-refractivity contribution in [1.82, 2.24) is 0 Å². The average Bonchev–Trinajstić information content (AvgIpc) is 2.61. The van der Waals surface area contributed by atoms with Gasteiger partial charge in [0.25, 0.3) is 0 Å². The van der Waals surface area contributed by atoms with E-state index in [1.54, 1.807) is 0 Å². The summed E-state index contributed by atoms with van der Waals surface area (Å²) in [4.78, 5) is 0. The molecule has 0 aromatic heterocycles. The normalized spacial score (nSPS) is 33.8. The van der Waals surface area contributed by atoms with Gasteiger partial charge in [0.2, 0.25) is 0 Å². The maximum absolute atomic E-state index is 6.36. The summed E-state index contributed by atoms with van der Waals surface area (Å²) in [5.74, 6) is -0.271. The summed E-state index contributed by atoms with van der Waals surface area (Å²) in [5, 5.41) is 0. The Balaban J connectivity index is 2.08. The van der Waals surface area contributed by atoms with E-state index in [0.717, 1.165) is 25.7 Å².